The van der Waals surface area contributed by atoms with Crippen molar-refractivity contribution in [1.29, 1.82) is 0 Å². The van der Waals surface area contributed by atoms with Gasteiger partial charge in [0.15, 0.2) is 5.60 Å². The molecule has 0 spiro atoms. The lowest BCUT2D eigenvalue weighted by Crippen LogP contribution is -2.58. The van der Waals surface area contributed by atoms with Crippen LogP contribution in [0.1, 0.15) is 20.3 Å². The normalized spacial score (nSPS) is 16.5. The van der Waals surface area contributed by atoms with Crippen LogP contribution in [0.5, 0.6) is 0 Å². The lowest BCUT2D eigenvalue weighted by Gasteiger charge is -2.27. The van der Waals surface area contributed by atoms with Crippen molar-refractivity contribution in [3.63, 3.8) is 0 Å². The fourth-order valence-electron chi connectivity index (χ4n) is 0.352. The first-order valence-electron chi connectivity index (χ1n) is 3.27. The van der Waals surface area contributed by atoms with E-state index in [4.69, 9.17) is 15.9 Å². The molecule has 5 N–H and O–H groups in total. The lowest BCUT2D eigenvalue weighted by molar-refractivity contribution is -0.242. The minimum absolute atomic E-state index is 0.520. The average Bonchev–Trinajstić information content (AvgIpc) is 1.81. The van der Waals surface area contributed by atoms with Gasteiger partial charge in [0.2, 0.25) is 0 Å². The molecule has 1 unspecified atom stereocenters. The van der Waals surface area contributed by atoms with Gasteiger partial charge in [-0.3, -0.25) is 5.73 Å². The third-order valence-corrected chi connectivity index (χ3v) is 1.23. The van der Waals surface area contributed by atoms with Crippen molar-refractivity contribution in [2.75, 3.05) is 0 Å². The third-order valence-electron chi connectivity index (χ3n) is 1.23. The first kappa shape index (κ1) is 10.4. The van der Waals surface area contributed by atoms with Gasteiger partial charge in [-0.05, 0) is 6.92 Å². The maximum atomic E-state index is 9.18. The van der Waals surface area contributed by atoms with Crippen molar-refractivity contribution in [3.05, 3.63) is 0 Å². The first-order chi connectivity index (χ1) is 4.81. The summed E-state index contributed by atoms with van der Waals surface area (Å²) in [5, 5.41) is 26.7. The molecule has 4 nitrogen and oxygen atoms in total. The van der Waals surface area contributed by atoms with E-state index in [1.165, 1.54) is 0 Å². The summed E-state index contributed by atoms with van der Waals surface area (Å²) in [7, 11) is 0. The highest BCUT2D eigenvalue weighted by atomic mass is 16.5. The van der Waals surface area contributed by atoms with Gasteiger partial charge in [-0.2, -0.15) is 0 Å². The zero-order valence-electron chi connectivity index (χ0n) is 6.63. The minimum atomic E-state index is -2.67. The average molecular weight is 159 g/mol. The largest absolute Gasteiger partial charge is 0.372 e. The smallest absolute Gasteiger partial charge is 0.261 e. The molecular weight excluding hydrogens is 146 g/mol. The van der Waals surface area contributed by atoms with Crippen LogP contribution in [-0.2, 0) is 0 Å². The molecule has 0 aliphatic carbocycles. The summed E-state index contributed by atoms with van der Waals surface area (Å²) in [6.45, 7) is 2.91. The van der Waals surface area contributed by atoms with Crippen molar-refractivity contribution in [3.8, 4) is 11.8 Å². The molecule has 0 aliphatic heterocycles. The van der Waals surface area contributed by atoms with E-state index in [2.05, 4.69) is 11.8 Å². The summed E-state index contributed by atoms with van der Waals surface area (Å²) < 4.78 is 0. The second kappa shape index (κ2) is 3.20. The number of hydrogen-bond donors (Lipinski definition) is 4. The molecule has 0 saturated carbocycles. The second-order valence-electron chi connectivity index (χ2n) is 2.45. The van der Waals surface area contributed by atoms with E-state index in [1.54, 1.807) is 6.92 Å². The van der Waals surface area contributed by atoms with Gasteiger partial charge in [-0.1, -0.05) is 12.8 Å². The van der Waals surface area contributed by atoms with Crippen LogP contribution in [0, 0.1) is 11.8 Å². The number of aliphatic hydroxyl groups is 3. The molecule has 0 rings (SSSR count). The van der Waals surface area contributed by atoms with Gasteiger partial charge >= 0.3 is 0 Å². The minimum Gasteiger partial charge on any atom is -0.372 e. The highest BCUT2D eigenvalue weighted by molar-refractivity contribution is 5.15. The van der Waals surface area contributed by atoms with Crippen LogP contribution in [0.15, 0.2) is 0 Å². The SMILES string of the molecule is CCC#CC(C)(O)C(N)(O)O. The summed E-state index contributed by atoms with van der Waals surface area (Å²) in [5.74, 6) is 2.05. The van der Waals surface area contributed by atoms with Crippen molar-refractivity contribution >= 4 is 0 Å². The Morgan fingerprint density at radius 1 is 1.36 bits per heavy atom. The van der Waals surface area contributed by atoms with Crippen LogP contribution in [-0.4, -0.2) is 26.8 Å². The quantitative estimate of drug-likeness (QED) is 0.284. The van der Waals surface area contributed by atoms with Crippen molar-refractivity contribution in [2.45, 2.75) is 31.8 Å². The first-order valence-corrected chi connectivity index (χ1v) is 3.27. The number of hydrogen-bond acceptors (Lipinski definition) is 4. The monoisotopic (exact) mass is 159 g/mol. The molecule has 11 heavy (non-hydrogen) atoms. The Morgan fingerprint density at radius 2 is 1.82 bits per heavy atom. The molecule has 0 radical (unpaired) electrons. The molecule has 4 heteroatoms. The summed E-state index contributed by atoms with van der Waals surface area (Å²) in [5.41, 5.74) is 2.83. The van der Waals surface area contributed by atoms with Crippen LogP contribution in [0.25, 0.3) is 0 Å². The van der Waals surface area contributed by atoms with E-state index in [0.717, 1.165) is 6.92 Å². The fourth-order valence-corrected chi connectivity index (χ4v) is 0.352. The van der Waals surface area contributed by atoms with Gasteiger partial charge < -0.3 is 15.3 Å². The molecule has 64 valence electrons. The maximum absolute atomic E-state index is 9.18. The number of rotatable bonds is 1. The molecule has 0 saturated heterocycles. The maximum Gasteiger partial charge on any atom is 0.261 e. The molecule has 0 fully saturated rings. The van der Waals surface area contributed by atoms with E-state index < -0.39 is 11.5 Å². The summed E-state index contributed by atoms with van der Waals surface area (Å²) >= 11 is 0. The zero-order chi connectivity index (χ0) is 9.12. The van der Waals surface area contributed by atoms with Crippen LogP contribution in [0.4, 0.5) is 0 Å². The summed E-state index contributed by atoms with van der Waals surface area (Å²) in [4.78, 5) is 0. The molecular formula is C7H13NO3. The molecule has 0 heterocycles. The van der Waals surface area contributed by atoms with Crippen LogP contribution < -0.4 is 5.73 Å². The molecule has 1 atom stereocenters. The van der Waals surface area contributed by atoms with E-state index in [1.807, 2.05) is 0 Å². The molecule has 0 bridgehead atoms. The van der Waals surface area contributed by atoms with Crippen LogP contribution in [0.2, 0.25) is 0 Å². The molecule has 0 aromatic rings. The van der Waals surface area contributed by atoms with E-state index in [9.17, 15) is 5.11 Å². The summed E-state index contributed by atoms with van der Waals surface area (Å²) in [6.07, 6.45) is 0.520. The Bertz CT molecular complexity index is 182. The standard InChI is InChI=1S/C7H13NO3/c1-3-4-5-6(2,9)7(8,10)11/h9-11H,3,8H2,1-2H3. The highest BCUT2D eigenvalue weighted by Gasteiger charge is 2.39. The second-order valence-corrected chi connectivity index (χ2v) is 2.45. The van der Waals surface area contributed by atoms with E-state index in [-0.39, 0.29) is 0 Å². The Kier molecular flexibility index (Phi) is 3.02. The highest BCUT2D eigenvalue weighted by Crippen LogP contribution is 2.12. The van der Waals surface area contributed by atoms with Crippen molar-refractivity contribution in [1.82, 2.24) is 0 Å². The van der Waals surface area contributed by atoms with Crippen molar-refractivity contribution in [2.24, 2.45) is 5.73 Å². The molecule has 0 aromatic carbocycles. The predicted molar refractivity (Wildman–Crippen MR) is 40.0 cm³/mol. The number of nitrogens with two attached hydrogens (primary N) is 1. The Hall–Kier alpha value is -0.600. The van der Waals surface area contributed by atoms with Gasteiger partial charge in [-0.25, -0.2) is 0 Å². The fraction of sp³-hybridized carbons (Fsp3) is 0.714. The Labute approximate surface area is 65.7 Å². The van der Waals surface area contributed by atoms with Gasteiger partial charge in [0.25, 0.3) is 5.91 Å². The van der Waals surface area contributed by atoms with Crippen molar-refractivity contribution < 1.29 is 15.3 Å². The van der Waals surface area contributed by atoms with Gasteiger partial charge in [0, 0.05) is 6.42 Å². The molecule has 0 amide bonds. The Balaban J connectivity index is 4.47. The van der Waals surface area contributed by atoms with E-state index >= 15 is 0 Å². The topological polar surface area (TPSA) is 86.7 Å². The zero-order valence-corrected chi connectivity index (χ0v) is 6.63. The predicted octanol–water partition coefficient (Wildman–Crippen LogP) is -1.25. The summed E-state index contributed by atoms with van der Waals surface area (Å²) in [6, 6.07) is 0. The van der Waals surface area contributed by atoms with Crippen LogP contribution >= 0.6 is 0 Å². The molecule has 0 aliphatic rings. The molecule has 0 aromatic heterocycles. The van der Waals surface area contributed by atoms with Gasteiger partial charge in [-0.15, -0.1) is 5.92 Å². The lowest BCUT2D eigenvalue weighted by atomic mass is 10.0. The third kappa shape index (κ3) is 2.87. The van der Waals surface area contributed by atoms with Gasteiger partial charge in [0.05, 0.1) is 0 Å². The van der Waals surface area contributed by atoms with Crippen LogP contribution in [0.3, 0.4) is 0 Å². The Morgan fingerprint density at radius 3 is 2.09 bits per heavy atom. The van der Waals surface area contributed by atoms with E-state index in [0.29, 0.717) is 6.42 Å². The van der Waals surface area contributed by atoms with Gasteiger partial charge in [0.1, 0.15) is 0 Å².